The molecule has 176 valence electrons. The maximum atomic E-state index is 5.90. The third-order valence-electron chi connectivity index (χ3n) is 5.41. The van der Waals surface area contributed by atoms with Crippen molar-refractivity contribution in [3.05, 3.63) is 60.2 Å². The molecule has 0 atom stereocenters. The molecule has 0 spiro atoms. The summed E-state index contributed by atoms with van der Waals surface area (Å²) in [7, 11) is 0. The molecule has 3 heterocycles. The lowest BCUT2D eigenvalue weighted by Crippen LogP contribution is -2.40. The van der Waals surface area contributed by atoms with Crippen LogP contribution in [-0.4, -0.2) is 73.8 Å². The van der Waals surface area contributed by atoms with Gasteiger partial charge in [0.25, 0.3) is 0 Å². The third kappa shape index (κ3) is 5.77. The van der Waals surface area contributed by atoms with E-state index in [0.717, 1.165) is 43.2 Å². The molecule has 1 N–H and O–H groups in total. The Hall–Kier alpha value is -3.76. The number of hydrogen-bond acceptors (Lipinski definition) is 10. The molecule has 2 aromatic carbocycles. The molecule has 0 bridgehead atoms. The Morgan fingerprint density at radius 3 is 2.03 bits per heavy atom. The van der Waals surface area contributed by atoms with Gasteiger partial charge in [-0.25, -0.2) is 5.43 Å². The Bertz CT molecular complexity index is 1060. The smallest absolute Gasteiger partial charge is 0.250 e. The van der Waals surface area contributed by atoms with E-state index in [1.165, 1.54) is 0 Å². The highest BCUT2D eigenvalue weighted by molar-refractivity contribution is 5.80. The average molecular weight is 462 g/mol. The highest BCUT2D eigenvalue weighted by Crippen LogP contribution is 2.22. The molecule has 2 aliphatic rings. The summed E-state index contributed by atoms with van der Waals surface area (Å²) in [5.74, 6) is 3.16. The molecule has 34 heavy (non-hydrogen) atoms. The van der Waals surface area contributed by atoms with Crippen LogP contribution < -0.4 is 20.0 Å². The summed E-state index contributed by atoms with van der Waals surface area (Å²) in [6, 6.07) is 17.4. The Labute approximate surface area is 198 Å². The minimum absolute atomic E-state index is 0.394. The van der Waals surface area contributed by atoms with Crippen LogP contribution in [0.25, 0.3) is 0 Å². The molecule has 2 fully saturated rings. The number of para-hydroxylation sites is 1. The molecule has 0 unspecified atom stereocenters. The second-order valence-electron chi connectivity index (χ2n) is 7.82. The molecule has 2 saturated heterocycles. The summed E-state index contributed by atoms with van der Waals surface area (Å²) in [6.07, 6.45) is 1.71. The van der Waals surface area contributed by atoms with Gasteiger partial charge in [-0.3, -0.25) is 0 Å². The number of ether oxygens (including phenoxy) is 3. The van der Waals surface area contributed by atoms with Gasteiger partial charge < -0.3 is 24.0 Å². The van der Waals surface area contributed by atoms with Gasteiger partial charge in [0.15, 0.2) is 0 Å². The van der Waals surface area contributed by atoms with Crippen molar-refractivity contribution in [1.29, 1.82) is 0 Å². The van der Waals surface area contributed by atoms with Crippen molar-refractivity contribution in [2.24, 2.45) is 5.10 Å². The molecule has 3 aromatic rings. The molecule has 10 heteroatoms. The molecular weight excluding hydrogens is 434 g/mol. The van der Waals surface area contributed by atoms with Gasteiger partial charge in [-0.1, -0.05) is 30.3 Å². The number of hydrazone groups is 1. The zero-order valence-corrected chi connectivity index (χ0v) is 18.8. The molecule has 10 nitrogen and oxygen atoms in total. The zero-order chi connectivity index (χ0) is 23.0. The van der Waals surface area contributed by atoms with E-state index in [-0.39, 0.29) is 0 Å². The largest absolute Gasteiger partial charge is 0.457 e. The summed E-state index contributed by atoms with van der Waals surface area (Å²) in [4.78, 5) is 18.1. The lowest BCUT2D eigenvalue weighted by atomic mass is 10.2. The summed E-state index contributed by atoms with van der Waals surface area (Å²) in [6.45, 7) is 5.57. The van der Waals surface area contributed by atoms with Crippen LogP contribution in [0.4, 0.5) is 17.8 Å². The predicted octanol–water partition coefficient (Wildman–Crippen LogP) is 2.78. The van der Waals surface area contributed by atoms with Crippen LogP contribution in [0.3, 0.4) is 0 Å². The average Bonchev–Trinajstić information content (AvgIpc) is 2.90. The Kier molecular flexibility index (Phi) is 7.07. The summed E-state index contributed by atoms with van der Waals surface area (Å²) in [5, 5.41) is 4.36. The topological polar surface area (TPSA) is 97.2 Å². The Balaban J connectivity index is 1.31. The summed E-state index contributed by atoms with van der Waals surface area (Å²) in [5.41, 5.74) is 3.86. The van der Waals surface area contributed by atoms with E-state index < -0.39 is 0 Å². The van der Waals surface area contributed by atoms with E-state index in [0.29, 0.717) is 44.3 Å². The summed E-state index contributed by atoms with van der Waals surface area (Å²) < 4.78 is 16.8. The van der Waals surface area contributed by atoms with Crippen molar-refractivity contribution < 1.29 is 14.2 Å². The van der Waals surface area contributed by atoms with E-state index in [1.807, 2.05) is 54.6 Å². The van der Waals surface area contributed by atoms with Crippen molar-refractivity contribution >= 4 is 24.1 Å². The van der Waals surface area contributed by atoms with Gasteiger partial charge in [-0.05, 0) is 29.8 Å². The van der Waals surface area contributed by atoms with Crippen LogP contribution in [0.1, 0.15) is 5.56 Å². The second-order valence-corrected chi connectivity index (χ2v) is 7.82. The second kappa shape index (κ2) is 10.9. The molecule has 0 amide bonds. The van der Waals surface area contributed by atoms with Gasteiger partial charge in [-0.15, -0.1) is 0 Å². The number of benzene rings is 2. The first kappa shape index (κ1) is 22.1. The monoisotopic (exact) mass is 461 g/mol. The number of aromatic nitrogens is 3. The molecule has 5 rings (SSSR count). The van der Waals surface area contributed by atoms with E-state index in [9.17, 15) is 0 Å². The molecule has 0 saturated carbocycles. The van der Waals surface area contributed by atoms with Gasteiger partial charge >= 0.3 is 0 Å². The lowest BCUT2D eigenvalue weighted by molar-refractivity contribution is 0.121. The van der Waals surface area contributed by atoms with Crippen molar-refractivity contribution in [2.75, 3.05) is 67.8 Å². The first-order chi connectivity index (χ1) is 16.8. The first-order valence-corrected chi connectivity index (χ1v) is 11.4. The number of nitrogens with zero attached hydrogens (tertiary/aromatic N) is 6. The zero-order valence-electron chi connectivity index (χ0n) is 18.8. The van der Waals surface area contributed by atoms with Crippen molar-refractivity contribution in [2.45, 2.75) is 0 Å². The number of morpholine rings is 2. The van der Waals surface area contributed by atoms with E-state index in [1.54, 1.807) is 6.21 Å². The maximum Gasteiger partial charge on any atom is 0.250 e. The van der Waals surface area contributed by atoms with Gasteiger partial charge in [0.2, 0.25) is 17.8 Å². The highest BCUT2D eigenvalue weighted by atomic mass is 16.5. The molecule has 2 aliphatic heterocycles. The fourth-order valence-corrected chi connectivity index (χ4v) is 3.66. The van der Waals surface area contributed by atoms with Crippen LogP contribution >= 0.6 is 0 Å². The third-order valence-corrected chi connectivity index (χ3v) is 5.41. The van der Waals surface area contributed by atoms with E-state index in [4.69, 9.17) is 19.2 Å². The van der Waals surface area contributed by atoms with Crippen LogP contribution in [-0.2, 0) is 9.47 Å². The van der Waals surface area contributed by atoms with Crippen LogP contribution in [0.5, 0.6) is 11.5 Å². The quantitative estimate of drug-likeness (QED) is 0.421. The fraction of sp³-hybridized carbons (Fsp3) is 0.333. The highest BCUT2D eigenvalue weighted by Gasteiger charge is 2.20. The fourth-order valence-electron chi connectivity index (χ4n) is 3.66. The van der Waals surface area contributed by atoms with Gasteiger partial charge in [0.05, 0.1) is 32.6 Å². The Morgan fingerprint density at radius 2 is 1.38 bits per heavy atom. The SMILES string of the molecule is C(=N\Nc1nc(N2CCOCC2)nc(N2CCOCC2)n1)/c1cccc(Oc2ccccc2)c1. The number of hydrogen-bond donors (Lipinski definition) is 1. The first-order valence-electron chi connectivity index (χ1n) is 11.4. The molecule has 1 aromatic heterocycles. The minimum atomic E-state index is 0.394. The Morgan fingerprint density at radius 1 is 0.765 bits per heavy atom. The van der Waals surface area contributed by atoms with Gasteiger partial charge in [0, 0.05) is 26.2 Å². The standard InChI is InChI=1S/C24H27N7O3/c1-2-6-20(7-3-1)34-21-8-4-5-19(17-21)18-25-29-22-26-23(30-9-13-32-14-10-30)28-24(27-22)31-11-15-33-16-12-31/h1-8,17-18H,9-16H2,(H,26,27,28,29)/b25-18+. The summed E-state index contributed by atoms with van der Waals surface area (Å²) >= 11 is 0. The molecule has 0 aliphatic carbocycles. The van der Waals surface area contributed by atoms with Crippen molar-refractivity contribution in [1.82, 2.24) is 15.0 Å². The number of anilines is 3. The van der Waals surface area contributed by atoms with Gasteiger partial charge in [-0.2, -0.15) is 20.1 Å². The van der Waals surface area contributed by atoms with E-state index >= 15 is 0 Å². The lowest BCUT2D eigenvalue weighted by Gasteiger charge is -2.30. The maximum absolute atomic E-state index is 5.90. The van der Waals surface area contributed by atoms with Crippen molar-refractivity contribution in [3.63, 3.8) is 0 Å². The van der Waals surface area contributed by atoms with Crippen molar-refractivity contribution in [3.8, 4) is 11.5 Å². The van der Waals surface area contributed by atoms with E-state index in [2.05, 4.69) is 30.3 Å². The normalized spacial score (nSPS) is 16.6. The predicted molar refractivity (Wildman–Crippen MR) is 130 cm³/mol. The van der Waals surface area contributed by atoms with Crippen LogP contribution in [0.15, 0.2) is 59.7 Å². The molecule has 0 radical (unpaired) electrons. The van der Waals surface area contributed by atoms with Crippen LogP contribution in [0, 0.1) is 0 Å². The van der Waals surface area contributed by atoms with Crippen LogP contribution in [0.2, 0.25) is 0 Å². The molecular formula is C24H27N7O3. The number of rotatable bonds is 7. The minimum Gasteiger partial charge on any atom is -0.457 e. The van der Waals surface area contributed by atoms with Gasteiger partial charge in [0.1, 0.15) is 11.5 Å². The number of nitrogens with one attached hydrogen (secondary N) is 1.